The highest BCUT2D eigenvalue weighted by molar-refractivity contribution is 6.30. The number of benzene rings is 2. The summed E-state index contributed by atoms with van der Waals surface area (Å²) in [6.45, 7) is 3.82. The number of aliphatic hydroxyl groups excluding tert-OH is 1. The lowest BCUT2D eigenvalue weighted by Crippen LogP contribution is -2.56. The van der Waals surface area contributed by atoms with Gasteiger partial charge in [-0.2, -0.15) is 0 Å². The van der Waals surface area contributed by atoms with Crippen LogP contribution in [0.5, 0.6) is 0 Å². The number of rotatable bonds is 4. The highest BCUT2D eigenvalue weighted by Gasteiger charge is 2.39. The van der Waals surface area contributed by atoms with E-state index in [0.717, 1.165) is 44.0 Å². The summed E-state index contributed by atoms with van der Waals surface area (Å²) in [5.74, 6) is 0. The maximum Gasteiger partial charge on any atom is 0.0682 e. The second-order valence-electron chi connectivity index (χ2n) is 7.40. The minimum Gasteiger partial charge on any atom is -0.392 e. The van der Waals surface area contributed by atoms with Crippen molar-refractivity contribution in [3.05, 3.63) is 70.7 Å². The SMILES string of the molecule is O[C@@H]1C[C@H]2CN(Cc3ccc(Cl)cc3)[C@@H](Cc3ccccc3)CN2C1. The Labute approximate surface area is 154 Å². The van der Waals surface area contributed by atoms with Gasteiger partial charge in [0.15, 0.2) is 0 Å². The third-order valence-corrected chi connectivity index (χ3v) is 5.78. The van der Waals surface area contributed by atoms with E-state index in [1.165, 1.54) is 11.1 Å². The fraction of sp³-hybridized carbons (Fsp3) is 0.429. The first kappa shape index (κ1) is 17.0. The number of hydrogen-bond acceptors (Lipinski definition) is 3. The van der Waals surface area contributed by atoms with E-state index < -0.39 is 0 Å². The lowest BCUT2D eigenvalue weighted by atomic mass is 9.99. The van der Waals surface area contributed by atoms with Gasteiger partial charge in [-0.15, -0.1) is 0 Å². The fourth-order valence-corrected chi connectivity index (χ4v) is 4.40. The van der Waals surface area contributed by atoms with Crippen LogP contribution in [0.1, 0.15) is 17.5 Å². The smallest absolute Gasteiger partial charge is 0.0682 e. The van der Waals surface area contributed by atoms with Crippen LogP contribution >= 0.6 is 11.6 Å². The van der Waals surface area contributed by atoms with E-state index in [9.17, 15) is 5.11 Å². The Kier molecular flexibility index (Phi) is 5.09. The summed E-state index contributed by atoms with van der Waals surface area (Å²) in [5.41, 5.74) is 2.68. The lowest BCUT2D eigenvalue weighted by Gasteiger charge is -2.44. The molecule has 1 N–H and O–H groups in total. The predicted molar refractivity (Wildman–Crippen MR) is 102 cm³/mol. The molecular weight excluding hydrogens is 332 g/mol. The zero-order chi connectivity index (χ0) is 17.2. The van der Waals surface area contributed by atoms with Gasteiger partial charge in [0, 0.05) is 43.3 Å². The average Bonchev–Trinajstić information content (AvgIpc) is 2.97. The van der Waals surface area contributed by atoms with Gasteiger partial charge in [-0.3, -0.25) is 9.80 Å². The first-order valence-electron chi connectivity index (χ1n) is 9.12. The van der Waals surface area contributed by atoms with Crippen molar-refractivity contribution in [3.63, 3.8) is 0 Å². The van der Waals surface area contributed by atoms with Crippen molar-refractivity contribution in [1.29, 1.82) is 0 Å². The van der Waals surface area contributed by atoms with Crippen molar-refractivity contribution in [2.45, 2.75) is 37.6 Å². The van der Waals surface area contributed by atoms with Crippen molar-refractivity contribution < 1.29 is 5.11 Å². The van der Waals surface area contributed by atoms with Crippen LogP contribution in [0.4, 0.5) is 0 Å². The summed E-state index contributed by atoms with van der Waals surface area (Å²) in [6.07, 6.45) is 1.78. The van der Waals surface area contributed by atoms with Crippen LogP contribution in [-0.4, -0.2) is 52.7 Å². The molecule has 0 bridgehead atoms. The Balaban J connectivity index is 1.52. The molecule has 2 fully saturated rings. The predicted octanol–water partition coefficient (Wildman–Crippen LogP) is 3.20. The van der Waals surface area contributed by atoms with E-state index in [1.807, 2.05) is 12.1 Å². The average molecular weight is 357 g/mol. The molecule has 3 nitrogen and oxygen atoms in total. The molecule has 0 aromatic heterocycles. The molecule has 0 saturated carbocycles. The van der Waals surface area contributed by atoms with E-state index >= 15 is 0 Å². The fourth-order valence-electron chi connectivity index (χ4n) is 4.27. The number of piperazine rings is 1. The third-order valence-electron chi connectivity index (χ3n) is 5.53. The Morgan fingerprint density at radius 2 is 1.68 bits per heavy atom. The van der Waals surface area contributed by atoms with E-state index in [4.69, 9.17) is 11.6 Å². The van der Waals surface area contributed by atoms with E-state index in [2.05, 4.69) is 52.3 Å². The van der Waals surface area contributed by atoms with Gasteiger partial charge in [0.25, 0.3) is 0 Å². The first-order chi connectivity index (χ1) is 12.2. The van der Waals surface area contributed by atoms with Gasteiger partial charge in [0.05, 0.1) is 6.10 Å². The van der Waals surface area contributed by atoms with Gasteiger partial charge >= 0.3 is 0 Å². The van der Waals surface area contributed by atoms with E-state index in [-0.39, 0.29) is 6.10 Å². The van der Waals surface area contributed by atoms with Gasteiger partial charge in [-0.05, 0) is 36.1 Å². The Bertz CT molecular complexity index is 691. The maximum absolute atomic E-state index is 10.1. The number of fused-ring (bicyclic) bond motifs is 1. The molecule has 25 heavy (non-hydrogen) atoms. The van der Waals surface area contributed by atoms with Crippen LogP contribution in [0.15, 0.2) is 54.6 Å². The molecule has 2 aliphatic heterocycles. The summed E-state index contributed by atoms with van der Waals surface area (Å²) in [5, 5.41) is 10.9. The Morgan fingerprint density at radius 1 is 0.920 bits per heavy atom. The molecule has 2 saturated heterocycles. The van der Waals surface area contributed by atoms with Crippen LogP contribution in [0.25, 0.3) is 0 Å². The first-order valence-corrected chi connectivity index (χ1v) is 9.50. The van der Waals surface area contributed by atoms with Gasteiger partial charge in [-0.25, -0.2) is 0 Å². The number of halogens is 1. The monoisotopic (exact) mass is 356 g/mol. The van der Waals surface area contributed by atoms with Gasteiger partial charge in [0.2, 0.25) is 0 Å². The van der Waals surface area contributed by atoms with Gasteiger partial charge in [-0.1, -0.05) is 54.1 Å². The third kappa shape index (κ3) is 4.06. The molecule has 0 spiro atoms. The molecule has 3 atom stereocenters. The second-order valence-corrected chi connectivity index (χ2v) is 7.83. The van der Waals surface area contributed by atoms with Crippen molar-refractivity contribution in [3.8, 4) is 0 Å². The molecule has 2 aromatic rings. The molecule has 0 radical (unpaired) electrons. The number of nitrogens with zero attached hydrogens (tertiary/aromatic N) is 2. The molecule has 0 aliphatic carbocycles. The number of aliphatic hydroxyl groups is 1. The molecule has 2 aromatic carbocycles. The summed E-state index contributed by atoms with van der Waals surface area (Å²) in [7, 11) is 0. The lowest BCUT2D eigenvalue weighted by molar-refractivity contribution is 0.0445. The minimum absolute atomic E-state index is 0.169. The van der Waals surface area contributed by atoms with Gasteiger partial charge < -0.3 is 5.11 Å². The van der Waals surface area contributed by atoms with Crippen molar-refractivity contribution in [2.24, 2.45) is 0 Å². The van der Waals surface area contributed by atoms with Crippen molar-refractivity contribution >= 4 is 11.6 Å². The van der Waals surface area contributed by atoms with Crippen LogP contribution in [0.2, 0.25) is 5.02 Å². The van der Waals surface area contributed by atoms with E-state index in [0.29, 0.717) is 12.1 Å². The molecule has 4 rings (SSSR count). The topological polar surface area (TPSA) is 26.7 Å². The summed E-state index contributed by atoms with van der Waals surface area (Å²) < 4.78 is 0. The minimum atomic E-state index is -0.169. The van der Waals surface area contributed by atoms with E-state index in [1.54, 1.807) is 0 Å². The summed E-state index contributed by atoms with van der Waals surface area (Å²) in [6, 6.07) is 19.9. The molecule has 2 aliphatic rings. The molecule has 0 amide bonds. The van der Waals surface area contributed by atoms with Crippen molar-refractivity contribution in [2.75, 3.05) is 19.6 Å². The number of hydrogen-bond donors (Lipinski definition) is 1. The molecule has 132 valence electrons. The second kappa shape index (κ2) is 7.46. The normalized spacial score (nSPS) is 27.4. The van der Waals surface area contributed by atoms with Crippen LogP contribution in [0, 0.1) is 0 Å². The maximum atomic E-state index is 10.1. The Morgan fingerprint density at radius 3 is 2.44 bits per heavy atom. The molecular formula is C21H25ClN2O. The molecule has 4 heteroatoms. The zero-order valence-electron chi connectivity index (χ0n) is 14.4. The summed E-state index contributed by atoms with van der Waals surface area (Å²) in [4.78, 5) is 5.08. The van der Waals surface area contributed by atoms with Crippen LogP contribution in [0.3, 0.4) is 0 Å². The van der Waals surface area contributed by atoms with Crippen molar-refractivity contribution in [1.82, 2.24) is 9.80 Å². The quantitative estimate of drug-likeness (QED) is 0.911. The highest BCUT2D eigenvalue weighted by atomic mass is 35.5. The largest absolute Gasteiger partial charge is 0.392 e. The molecule has 2 heterocycles. The highest BCUT2D eigenvalue weighted by Crippen LogP contribution is 2.28. The van der Waals surface area contributed by atoms with Crippen LogP contribution in [-0.2, 0) is 13.0 Å². The standard InChI is InChI=1S/C21H25ClN2O/c22-18-8-6-17(7-9-18)12-23-14-20-11-21(25)15-24(20)13-19(23)10-16-4-2-1-3-5-16/h1-9,19-21,25H,10-15H2/t19-,20-,21+/m0/s1. The summed E-state index contributed by atoms with van der Waals surface area (Å²) >= 11 is 6.03. The zero-order valence-corrected chi connectivity index (χ0v) is 15.1. The Hall–Kier alpha value is -1.39. The molecule has 0 unspecified atom stereocenters. The van der Waals surface area contributed by atoms with Crippen LogP contribution < -0.4 is 0 Å². The van der Waals surface area contributed by atoms with Gasteiger partial charge in [0.1, 0.15) is 0 Å².